The molecular weight excluding hydrogens is 440 g/mol. The average Bonchev–Trinajstić information content (AvgIpc) is 2.87. The number of hydrogen-bond acceptors (Lipinski definition) is 8. The molecule has 0 unspecified atom stereocenters. The van der Waals surface area contributed by atoms with Gasteiger partial charge in [0.25, 0.3) is 5.91 Å². The van der Waals surface area contributed by atoms with Gasteiger partial charge in [-0.25, -0.2) is 9.78 Å². The summed E-state index contributed by atoms with van der Waals surface area (Å²) >= 11 is 0. The van der Waals surface area contributed by atoms with Crippen LogP contribution in [-0.2, 0) is 25.5 Å². The molecule has 3 atom stereocenters. The summed E-state index contributed by atoms with van der Waals surface area (Å²) in [6, 6.07) is 10.6. The van der Waals surface area contributed by atoms with Crippen molar-refractivity contribution in [1.29, 1.82) is 0 Å². The molecule has 0 spiro atoms. The normalized spacial score (nSPS) is 20.8. The first kappa shape index (κ1) is 25.2. The molecule has 9 heteroatoms. The Bertz CT molecular complexity index is 996. The topological polar surface area (TPSA) is 113 Å². The average molecular weight is 471 g/mol. The number of aromatic nitrogens is 1. The Balaban J connectivity index is 1.67. The predicted molar refractivity (Wildman–Crippen MR) is 123 cm³/mol. The minimum atomic E-state index is -0.944. The third-order valence-electron chi connectivity index (χ3n) is 5.41. The summed E-state index contributed by atoms with van der Waals surface area (Å²) in [5.41, 5.74) is 1.05. The van der Waals surface area contributed by atoms with Crippen molar-refractivity contribution in [3.8, 4) is 11.5 Å². The molecule has 1 aliphatic rings. The first-order valence-corrected chi connectivity index (χ1v) is 11.3. The second-order valence-corrected chi connectivity index (χ2v) is 8.10. The fourth-order valence-electron chi connectivity index (χ4n) is 3.76. The van der Waals surface area contributed by atoms with Crippen LogP contribution in [-0.4, -0.2) is 54.8 Å². The lowest BCUT2D eigenvalue weighted by atomic mass is 10.0. The summed E-state index contributed by atoms with van der Waals surface area (Å²) in [6.07, 6.45) is 3.34. The summed E-state index contributed by atoms with van der Waals surface area (Å²) in [5, 5.41) is 2.64. The maximum absolute atomic E-state index is 12.9. The van der Waals surface area contributed by atoms with Crippen LogP contribution < -0.4 is 14.8 Å². The number of esters is 2. The first-order valence-electron chi connectivity index (χ1n) is 11.3. The Morgan fingerprint density at radius 3 is 2.68 bits per heavy atom. The van der Waals surface area contributed by atoms with E-state index < -0.39 is 23.9 Å². The summed E-state index contributed by atoms with van der Waals surface area (Å²) in [4.78, 5) is 41.2. The van der Waals surface area contributed by atoms with Gasteiger partial charge in [0.2, 0.25) is 5.75 Å². The Morgan fingerprint density at radius 2 is 1.97 bits per heavy atom. The van der Waals surface area contributed by atoms with E-state index in [0.29, 0.717) is 6.42 Å². The fraction of sp³-hybridized carbons (Fsp3) is 0.440. The molecule has 1 aliphatic heterocycles. The van der Waals surface area contributed by atoms with E-state index in [1.165, 1.54) is 31.9 Å². The van der Waals surface area contributed by atoms with E-state index in [2.05, 4.69) is 22.4 Å². The molecule has 9 nitrogen and oxygen atoms in total. The number of amides is 1. The Labute approximate surface area is 198 Å². The molecule has 2 heterocycles. The molecule has 0 saturated carbocycles. The number of pyridine rings is 1. The molecular formula is C25H30N2O7. The van der Waals surface area contributed by atoms with E-state index in [0.717, 1.165) is 12.8 Å². The van der Waals surface area contributed by atoms with Gasteiger partial charge in [0.1, 0.15) is 12.1 Å². The zero-order valence-corrected chi connectivity index (χ0v) is 19.6. The molecule has 1 saturated heterocycles. The van der Waals surface area contributed by atoms with E-state index in [9.17, 15) is 14.4 Å². The zero-order valence-electron chi connectivity index (χ0n) is 19.6. The second-order valence-electron chi connectivity index (χ2n) is 8.10. The molecule has 0 radical (unpaired) electrons. The Kier molecular flexibility index (Phi) is 8.98. The maximum atomic E-state index is 12.9. The van der Waals surface area contributed by atoms with Crippen LogP contribution in [0.25, 0.3) is 0 Å². The fourth-order valence-corrected chi connectivity index (χ4v) is 3.76. The lowest BCUT2D eigenvalue weighted by molar-refractivity contribution is -0.151. The number of hydrogen-bond donors (Lipinski definition) is 1. The van der Waals surface area contributed by atoms with Crippen molar-refractivity contribution in [2.45, 2.75) is 57.8 Å². The predicted octanol–water partition coefficient (Wildman–Crippen LogP) is 2.86. The van der Waals surface area contributed by atoms with Crippen molar-refractivity contribution in [3.05, 3.63) is 53.9 Å². The Hall–Kier alpha value is -3.46. The molecule has 3 rings (SSSR count). The largest absolute Gasteiger partial charge is 0.493 e. The third kappa shape index (κ3) is 7.02. The maximum Gasteiger partial charge on any atom is 0.329 e. The van der Waals surface area contributed by atoms with Crippen LogP contribution in [0.1, 0.15) is 49.2 Å². The highest BCUT2D eigenvalue weighted by atomic mass is 16.6. The highest BCUT2D eigenvalue weighted by molar-refractivity contribution is 5.98. The van der Waals surface area contributed by atoms with Gasteiger partial charge in [0.15, 0.2) is 11.4 Å². The van der Waals surface area contributed by atoms with E-state index in [1.807, 2.05) is 25.1 Å². The highest BCUT2D eigenvalue weighted by Gasteiger charge is 2.30. The zero-order chi connectivity index (χ0) is 24.5. The number of nitrogens with zero attached hydrogens (tertiary/aromatic N) is 1. The quantitative estimate of drug-likeness (QED) is 0.615. The van der Waals surface area contributed by atoms with Gasteiger partial charge in [-0.05, 0) is 25.3 Å². The SMILES string of the molecule is COc1ccnc(C(=O)N[C@H]2CCO[C@H](CCc3ccccc3)C[C@H](C)OC2=O)c1OC(C)=O. The molecule has 182 valence electrons. The van der Waals surface area contributed by atoms with Crippen LogP contribution in [0.2, 0.25) is 0 Å². The molecule has 1 aromatic carbocycles. The lowest BCUT2D eigenvalue weighted by Crippen LogP contribution is -2.43. The number of rotatable bonds is 7. The van der Waals surface area contributed by atoms with Gasteiger partial charge in [-0.3, -0.25) is 9.59 Å². The van der Waals surface area contributed by atoms with Gasteiger partial charge in [-0.15, -0.1) is 0 Å². The number of nitrogens with one attached hydrogen (secondary N) is 1. The van der Waals surface area contributed by atoms with Gasteiger partial charge < -0.3 is 24.3 Å². The molecule has 2 aromatic rings. The van der Waals surface area contributed by atoms with Crippen molar-refractivity contribution < 1.29 is 33.3 Å². The van der Waals surface area contributed by atoms with Crippen LogP contribution in [0.5, 0.6) is 11.5 Å². The number of methoxy groups -OCH3 is 1. The van der Waals surface area contributed by atoms with Crippen molar-refractivity contribution >= 4 is 17.8 Å². The molecule has 0 bridgehead atoms. The van der Waals surface area contributed by atoms with E-state index in [1.54, 1.807) is 0 Å². The monoisotopic (exact) mass is 470 g/mol. The van der Waals surface area contributed by atoms with Gasteiger partial charge >= 0.3 is 11.9 Å². The van der Waals surface area contributed by atoms with Crippen LogP contribution >= 0.6 is 0 Å². The van der Waals surface area contributed by atoms with E-state index >= 15 is 0 Å². The van der Waals surface area contributed by atoms with Gasteiger partial charge in [-0.1, -0.05) is 30.3 Å². The molecule has 1 N–H and O–H groups in total. The second kappa shape index (κ2) is 12.1. The first-order chi connectivity index (χ1) is 16.4. The number of cyclic esters (lactones) is 1. The molecule has 1 aromatic heterocycles. The van der Waals surface area contributed by atoms with Crippen LogP contribution in [0, 0.1) is 0 Å². The van der Waals surface area contributed by atoms with Crippen molar-refractivity contribution in [1.82, 2.24) is 10.3 Å². The highest BCUT2D eigenvalue weighted by Crippen LogP contribution is 2.30. The minimum absolute atomic E-state index is 0.0759. The van der Waals surface area contributed by atoms with Crippen LogP contribution in [0.15, 0.2) is 42.6 Å². The summed E-state index contributed by atoms with van der Waals surface area (Å²) < 4.78 is 21.9. The van der Waals surface area contributed by atoms with Crippen LogP contribution in [0.4, 0.5) is 0 Å². The summed E-state index contributed by atoms with van der Waals surface area (Å²) in [6.45, 7) is 3.29. The lowest BCUT2D eigenvalue weighted by Gasteiger charge is -2.20. The number of aryl methyl sites for hydroxylation is 1. The number of carbonyl (C=O) groups excluding carboxylic acids is 3. The van der Waals surface area contributed by atoms with Crippen LogP contribution in [0.3, 0.4) is 0 Å². The number of carbonyl (C=O) groups is 3. The van der Waals surface area contributed by atoms with E-state index in [4.69, 9.17) is 18.9 Å². The number of ether oxygens (including phenoxy) is 4. The van der Waals surface area contributed by atoms with Gasteiger partial charge in [0.05, 0.1) is 13.2 Å². The van der Waals surface area contributed by atoms with Crippen molar-refractivity contribution in [2.75, 3.05) is 13.7 Å². The molecule has 1 fully saturated rings. The minimum Gasteiger partial charge on any atom is -0.493 e. The standard InChI is InChI=1S/C25H30N2O7/c1-16-15-19(10-9-18-7-5-4-6-8-18)32-14-12-20(25(30)33-16)27-24(29)22-23(34-17(2)28)21(31-3)11-13-26-22/h4-8,11,13,16,19-20H,9-10,12,14-15H2,1-3H3,(H,27,29)/t16-,19+,20-/m0/s1. The van der Waals surface area contributed by atoms with Crippen molar-refractivity contribution in [3.63, 3.8) is 0 Å². The smallest absolute Gasteiger partial charge is 0.329 e. The molecule has 34 heavy (non-hydrogen) atoms. The van der Waals surface area contributed by atoms with Gasteiger partial charge in [0, 0.05) is 38.6 Å². The summed E-state index contributed by atoms with van der Waals surface area (Å²) in [5.74, 6) is -1.82. The molecule has 1 amide bonds. The van der Waals surface area contributed by atoms with Crippen molar-refractivity contribution in [2.24, 2.45) is 0 Å². The third-order valence-corrected chi connectivity index (χ3v) is 5.41. The molecule has 0 aliphatic carbocycles. The number of benzene rings is 1. The van der Waals surface area contributed by atoms with Gasteiger partial charge in [-0.2, -0.15) is 0 Å². The Morgan fingerprint density at radius 1 is 1.21 bits per heavy atom. The summed E-state index contributed by atoms with van der Waals surface area (Å²) in [7, 11) is 1.38. The van der Waals surface area contributed by atoms with E-state index in [-0.39, 0.29) is 42.4 Å².